The largest absolute Gasteiger partial charge is 0.105 e. The van der Waals surface area contributed by atoms with Crippen molar-refractivity contribution in [3.63, 3.8) is 0 Å². The van der Waals surface area contributed by atoms with E-state index in [9.17, 15) is 0 Å². The molecule has 0 aliphatic heterocycles. The van der Waals surface area contributed by atoms with Crippen molar-refractivity contribution >= 4 is 7.85 Å². The summed E-state index contributed by atoms with van der Waals surface area (Å²) in [6, 6.07) is 0. The first kappa shape index (κ1) is 9.16. The fourth-order valence-corrected chi connectivity index (χ4v) is 2.03. The van der Waals surface area contributed by atoms with Crippen LogP contribution in [0.5, 0.6) is 0 Å². The third kappa shape index (κ3) is 3.31. The molecule has 1 aliphatic rings. The maximum absolute atomic E-state index is 2.43. The molecule has 1 aliphatic carbocycles. The first-order valence-corrected chi connectivity index (χ1v) is 5.30. The van der Waals surface area contributed by atoms with E-state index < -0.39 is 0 Å². The Hall–Kier alpha value is 0.0649. The number of hydrogen-bond donors (Lipinski definition) is 0. The topological polar surface area (TPSA) is 0 Å². The van der Waals surface area contributed by atoms with Gasteiger partial charge in [0.05, 0.1) is 0 Å². The molecule has 1 heteroatoms. The van der Waals surface area contributed by atoms with Crippen molar-refractivity contribution in [2.24, 2.45) is 5.92 Å². The van der Waals surface area contributed by atoms with Gasteiger partial charge < -0.3 is 0 Å². The van der Waals surface area contributed by atoms with Crippen LogP contribution in [0.4, 0.5) is 0 Å². The van der Waals surface area contributed by atoms with Crippen molar-refractivity contribution in [2.45, 2.75) is 57.7 Å². The standard InChI is InChI=1S/C10H21B/c1-9-7-5-3-2-4-6-8-10(9)11/h9-10H,2-8,11H2,1H3. The van der Waals surface area contributed by atoms with Crippen LogP contribution in [0.2, 0.25) is 5.82 Å². The molecule has 2 unspecified atom stereocenters. The summed E-state index contributed by atoms with van der Waals surface area (Å²) >= 11 is 0. The average molecular weight is 152 g/mol. The monoisotopic (exact) mass is 152 g/mol. The van der Waals surface area contributed by atoms with E-state index >= 15 is 0 Å². The highest BCUT2D eigenvalue weighted by atomic mass is 14.1. The van der Waals surface area contributed by atoms with Crippen LogP contribution in [-0.4, -0.2) is 7.85 Å². The Morgan fingerprint density at radius 1 is 0.909 bits per heavy atom. The molecule has 0 aromatic rings. The molecular formula is C10H21B. The van der Waals surface area contributed by atoms with E-state index in [2.05, 4.69) is 14.8 Å². The van der Waals surface area contributed by atoms with Gasteiger partial charge >= 0.3 is 0 Å². The van der Waals surface area contributed by atoms with Gasteiger partial charge in [-0.05, 0) is 5.92 Å². The summed E-state index contributed by atoms with van der Waals surface area (Å²) < 4.78 is 0. The van der Waals surface area contributed by atoms with Gasteiger partial charge in [0.15, 0.2) is 0 Å². The molecule has 11 heavy (non-hydrogen) atoms. The number of hydrogen-bond acceptors (Lipinski definition) is 0. The molecule has 0 heterocycles. The van der Waals surface area contributed by atoms with Gasteiger partial charge in [-0.15, -0.1) is 0 Å². The summed E-state index contributed by atoms with van der Waals surface area (Å²) in [5.41, 5.74) is 0. The molecule has 0 aromatic carbocycles. The van der Waals surface area contributed by atoms with E-state index in [0.29, 0.717) is 0 Å². The Balaban J connectivity index is 2.29. The fourth-order valence-electron chi connectivity index (χ4n) is 2.03. The minimum atomic E-state index is 0.980. The normalized spacial score (nSPS) is 35.4. The molecule has 0 saturated heterocycles. The predicted molar refractivity (Wildman–Crippen MR) is 53.8 cm³/mol. The van der Waals surface area contributed by atoms with E-state index in [4.69, 9.17) is 0 Å². The van der Waals surface area contributed by atoms with E-state index in [0.717, 1.165) is 11.7 Å². The van der Waals surface area contributed by atoms with Gasteiger partial charge in [0.1, 0.15) is 7.85 Å². The van der Waals surface area contributed by atoms with Crippen LogP contribution in [0.3, 0.4) is 0 Å². The lowest BCUT2D eigenvalue weighted by molar-refractivity contribution is 0.465. The van der Waals surface area contributed by atoms with Gasteiger partial charge in [-0.2, -0.15) is 0 Å². The van der Waals surface area contributed by atoms with Gasteiger partial charge in [0.25, 0.3) is 0 Å². The summed E-state index contributed by atoms with van der Waals surface area (Å²) in [4.78, 5) is 0. The van der Waals surface area contributed by atoms with E-state index in [1.807, 2.05) is 0 Å². The second kappa shape index (κ2) is 4.85. The fraction of sp³-hybridized carbons (Fsp3) is 1.00. The summed E-state index contributed by atoms with van der Waals surface area (Å²) in [6.07, 6.45) is 10.4. The van der Waals surface area contributed by atoms with Crippen LogP contribution in [0.15, 0.2) is 0 Å². The molecule has 1 rings (SSSR count). The molecule has 64 valence electrons. The Morgan fingerprint density at radius 2 is 1.45 bits per heavy atom. The van der Waals surface area contributed by atoms with Crippen molar-refractivity contribution in [2.75, 3.05) is 0 Å². The summed E-state index contributed by atoms with van der Waals surface area (Å²) in [5, 5.41) is 0. The molecule has 0 bridgehead atoms. The summed E-state index contributed by atoms with van der Waals surface area (Å²) in [6.45, 7) is 2.43. The maximum atomic E-state index is 2.43. The molecular weight excluding hydrogens is 131 g/mol. The third-order valence-corrected chi connectivity index (χ3v) is 3.29. The van der Waals surface area contributed by atoms with Crippen molar-refractivity contribution in [3.8, 4) is 0 Å². The van der Waals surface area contributed by atoms with Crippen LogP contribution in [0.25, 0.3) is 0 Å². The molecule has 0 spiro atoms. The number of rotatable bonds is 0. The van der Waals surface area contributed by atoms with Crippen molar-refractivity contribution in [1.29, 1.82) is 0 Å². The smallest absolute Gasteiger partial charge is 0.0672 e. The van der Waals surface area contributed by atoms with Gasteiger partial charge in [-0.1, -0.05) is 57.7 Å². The van der Waals surface area contributed by atoms with Crippen LogP contribution < -0.4 is 0 Å². The van der Waals surface area contributed by atoms with Gasteiger partial charge in [-0.25, -0.2) is 0 Å². The summed E-state index contributed by atoms with van der Waals surface area (Å²) in [7, 11) is 2.43. The minimum absolute atomic E-state index is 0.980. The Morgan fingerprint density at radius 3 is 2.18 bits per heavy atom. The van der Waals surface area contributed by atoms with Crippen LogP contribution in [0, 0.1) is 5.92 Å². The first-order chi connectivity index (χ1) is 5.30. The van der Waals surface area contributed by atoms with Gasteiger partial charge in [0.2, 0.25) is 0 Å². The lowest BCUT2D eigenvalue weighted by Gasteiger charge is -2.17. The second-order valence-electron chi connectivity index (χ2n) is 4.30. The van der Waals surface area contributed by atoms with E-state index in [1.165, 1.54) is 44.9 Å². The average Bonchev–Trinajstić information content (AvgIpc) is 2.07. The minimum Gasteiger partial charge on any atom is -0.0672 e. The Kier molecular flexibility index (Phi) is 4.03. The maximum Gasteiger partial charge on any atom is 0.105 e. The van der Waals surface area contributed by atoms with Gasteiger partial charge in [0, 0.05) is 0 Å². The highest BCUT2D eigenvalue weighted by molar-refractivity contribution is 6.11. The molecule has 1 fully saturated rings. The van der Waals surface area contributed by atoms with Crippen LogP contribution in [0.1, 0.15) is 51.9 Å². The molecule has 0 aromatic heterocycles. The zero-order valence-corrected chi connectivity index (χ0v) is 8.10. The van der Waals surface area contributed by atoms with Gasteiger partial charge in [-0.3, -0.25) is 0 Å². The van der Waals surface area contributed by atoms with E-state index in [-0.39, 0.29) is 0 Å². The Bertz CT molecular complexity index is 89.0. The Labute approximate surface area is 72.2 Å². The molecule has 0 N–H and O–H groups in total. The zero-order valence-electron chi connectivity index (χ0n) is 8.10. The van der Waals surface area contributed by atoms with Crippen LogP contribution in [-0.2, 0) is 0 Å². The highest BCUT2D eigenvalue weighted by Gasteiger charge is 2.12. The molecule has 2 atom stereocenters. The highest BCUT2D eigenvalue weighted by Crippen LogP contribution is 2.28. The summed E-state index contributed by atoms with van der Waals surface area (Å²) in [5.74, 6) is 1.96. The molecule has 0 radical (unpaired) electrons. The SMILES string of the molecule is BC1CCCCCCCC1C. The zero-order chi connectivity index (χ0) is 8.10. The van der Waals surface area contributed by atoms with Crippen molar-refractivity contribution in [1.82, 2.24) is 0 Å². The van der Waals surface area contributed by atoms with Crippen LogP contribution >= 0.6 is 0 Å². The second-order valence-corrected chi connectivity index (χ2v) is 4.30. The lowest BCUT2D eigenvalue weighted by atomic mass is 9.73. The molecule has 0 nitrogen and oxygen atoms in total. The van der Waals surface area contributed by atoms with E-state index in [1.54, 1.807) is 0 Å². The predicted octanol–water partition coefficient (Wildman–Crippen LogP) is 2.79. The third-order valence-electron chi connectivity index (χ3n) is 3.29. The lowest BCUT2D eigenvalue weighted by Crippen LogP contribution is -2.04. The molecule has 1 saturated carbocycles. The molecule has 0 amide bonds. The van der Waals surface area contributed by atoms with Crippen molar-refractivity contribution < 1.29 is 0 Å². The quantitative estimate of drug-likeness (QED) is 0.468. The first-order valence-electron chi connectivity index (χ1n) is 5.30. The van der Waals surface area contributed by atoms with Crippen molar-refractivity contribution in [3.05, 3.63) is 0 Å².